The van der Waals surface area contributed by atoms with Gasteiger partial charge in [-0.3, -0.25) is 4.79 Å². The lowest BCUT2D eigenvalue weighted by Gasteiger charge is -2.26. The fourth-order valence-electron chi connectivity index (χ4n) is 4.70. The van der Waals surface area contributed by atoms with Crippen LogP contribution in [0.25, 0.3) is 0 Å². The number of carbonyl (C=O) groups excluding carboxylic acids is 1. The minimum absolute atomic E-state index is 0.00829. The topological polar surface area (TPSA) is 51.2 Å². The first-order valence-electron chi connectivity index (χ1n) is 13.4. The molecule has 0 fully saturated rings. The molecule has 1 atom stereocenters. The molecule has 1 aliphatic heterocycles. The maximum Gasteiger partial charge on any atom is 0.261 e. The Hall–Kier alpha value is -3.38. The predicted octanol–water partition coefficient (Wildman–Crippen LogP) is 5.09. The largest absolute Gasteiger partial charge is 0.375 e. The van der Waals surface area contributed by atoms with Gasteiger partial charge in [0.2, 0.25) is 0 Å². The van der Waals surface area contributed by atoms with E-state index in [1.165, 1.54) is 11.1 Å². The molecule has 2 aromatic carbocycles. The van der Waals surface area contributed by atoms with Crippen LogP contribution in [0.3, 0.4) is 0 Å². The van der Waals surface area contributed by atoms with Crippen molar-refractivity contribution in [1.29, 1.82) is 0 Å². The van der Waals surface area contributed by atoms with Crippen LogP contribution in [0.1, 0.15) is 38.3 Å². The van der Waals surface area contributed by atoms with E-state index >= 15 is 0 Å². The summed E-state index contributed by atoms with van der Waals surface area (Å²) in [6.45, 7) is 14.3. The smallest absolute Gasteiger partial charge is 0.261 e. The summed E-state index contributed by atoms with van der Waals surface area (Å²) in [5.74, 6) is 0.798. The van der Waals surface area contributed by atoms with Gasteiger partial charge in [0.25, 0.3) is 5.91 Å². The zero-order valence-corrected chi connectivity index (χ0v) is 23.2. The van der Waals surface area contributed by atoms with Crippen LogP contribution in [0.2, 0.25) is 0 Å². The zero-order valence-electron chi connectivity index (χ0n) is 23.2. The third-order valence-corrected chi connectivity index (χ3v) is 6.93. The zero-order chi connectivity index (χ0) is 26.8. The molecule has 1 N–H and O–H groups in total. The molecule has 1 amide bonds. The minimum Gasteiger partial charge on any atom is -0.375 e. The van der Waals surface area contributed by atoms with Gasteiger partial charge < -0.3 is 20.0 Å². The number of anilines is 1. The molecule has 0 bridgehead atoms. The van der Waals surface area contributed by atoms with Crippen molar-refractivity contribution in [3.05, 3.63) is 89.4 Å². The van der Waals surface area contributed by atoms with Crippen LogP contribution in [-0.2, 0) is 17.8 Å². The second kappa shape index (κ2) is 13.8. The molecule has 0 aromatic heterocycles. The number of benzene rings is 2. The Bertz CT molecular complexity index is 1110. The lowest BCUT2D eigenvalue weighted by molar-refractivity contribution is -0.114. The molecule has 0 saturated carbocycles. The van der Waals surface area contributed by atoms with E-state index in [2.05, 4.69) is 97.1 Å². The van der Waals surface area contributed by atoms with E-state index in [1.54, 1.807) is 6.21 Å². The average molecular weight is 502 g/mol. The first-order chi connectivity index (χ1) is 17.8. The van der Waals surface area contributed by atoms with Gasteiger partial charge in [-0.15, -0.1) is 0 Å². The van der Waals surface area contributed by atoms with Crippen LogP contribution in [0.15, 0.2) is 83.3 Å². The monoisotopic (exact) mass is 501 g/mol. The third kappa shape index (κ3) is 7.80. The van der Waals surface area contributed by atoms with Crippen molar-refractivity contribution < 1.29 is 4.79 Å². The summed E-state index contributed by atoms with van der Waals surface area (Å²) in [4.78, 5) is 24.9. The SMILES string of the molecule is C=C(/N=C\C1=C(C(C)CC)N(C)CCN(c2cccc(CCN(C)Cc3ccccc3)c2)C1=O)NCC. The fourth-order valence-corrected chi connectivity index (χ4v) is 4.70. The van der Waals surface area contributed by atoms with E-state index in [1.807, 2.05) is 24.0 Å². The molecule has 0 saturated heterocycles. The van der Waals surface area contributed by atoms with Crippen molar-refractivity contribution >= 4 is 17.8 Å². The van der Waals surface area contributed by atoms with Gasteiger partial charge in [0, 0.05) is 57.4 Å². The standard InChI is InChI=1S/C31H43N5O/c1-7-24(3)30-29(22-33-25(4)32-8-2)31(37)36(20-19-35(30)6)28-16-12-15-26(21-28)17-18-34(5)23-27-13-10-9-11-14-27/h9-16,21-22,24,32H,4,7-8,17-20,23H2,1-3,5-6H3/b33-22-. The Balaban J connectivity index is 1.82. The normalized spacial score (nSPS) is 15.5. The van der Waals surface area contributed by atoms with Gasteiger partial charge in [-0.1, -0.05) is 62.9 Å². The first-order valence-corrected chi connectivity index (χ1v) is 13.4. The molecule has 37 heavy (non-hydrogen) atoms. The Kier molecular flexibility index (Phi) is 10.5. The third-order valence-electron chi connectivity index (χ3n) is 6.93. The van der Waals surface area contributed by atoms with Crippen molar-refractivity contribution in [3.8, 4) is 0 Å². The molecule has 0 radical (unpaired) electrons. The summed E-state index contributed by atoms with van der Waals surface area (Å²) in [5.41, 5.74) is 5.16. The molecule has 0 aliphatic carbocycles. The van der Waals surface area contributed by atoms with Crippen LogP contribution in [0.5, 0.6) is 0 Å². The highest BCUT2D eigenvalue weighted by Gasteiger charge is 2.29. The van der Waals surface area contributed by atoms with Crippen molar-refractivity contribution in [2.24, 2.45) is 10.9 Å². The van der Waals surface area contributed by atoms with Crippen molar-refractivity contribution in [2.45, 2.75) is 40.2 Å². The summed E-state index contributed by atoms with van der Waals surface area (Å²) in [7, 11) is 4.23. The summed E-state index contributed by atoms with van der Waals surface area (Å²) in [6, 6.07) is 18.9. The Morgan fingerprint density at radius 3 is 2.57 bits per heavy atom. The molecule has 1 unspecified atom stereocenters. The first kappa shape index (κ1) is 28.2. The number of likely N-dealkylation sites (N-methyl/N-ethyl adjacent to an activating group) is 2. The number of aliphatic imine (C=N–C) groups is 1. The van der Waals surface area contributed by atoms with Crippen LogP contribution in [0, 0.1) is 5.92 Å². The molecule has 1 heterocycles. The molecular weight excluding hydrogens is 458 g/mol. The van der Waals surface area contributed by atoms with Gasteiger partial charge in [0.05, 0.1) is 5.57 Å². The summed E-state index contributed by atoms with van der Waals surface area (Å²) in [5, 5.41) is 3.12. The quantitative estimate of drug-likeness (QED) is 0.412. The van der Waals surface area contributed by atoms with E-state index in [0.29, 0.717) is 17.9 Å². The number of carbonyl (C=O) groups is 1. The van der Waals surface area contributed by atoms with Gasteiger partial charge in [-0.05, 0) is 56.0 Å². The summed E-state index contributed by atoms with van der Waals surface area (Å²) >= 11 is 0. The van der Waals surface area contributed by atoms with Crippen LogP contribution < -0.4 is 10.2 Å². The molecular formula is C31H43N5O. The molecule has 198 valence electrons. The van der Waals surface area contributed by atoms with Gasteiger partial charge in [0.1, 0.15) is 5.82 Å². The molecule has 3 rings (SSSR count). The van der Waals surface area contributed by atoms with Gasteiger partial charge >= 0.3 is 0 Å². The average Bonchev–Trinajstić information content (AvgIpc) is 3.02. The number of nitrogens with zero attached hydrogens (tertiary/aromatic N) is 4. The molecule has 0 spiro atoms. The maximum atomic E-state index is 14.0. The van der Waals surface area contributed by atoms with E-state index in [-0.39, 0.29) is 11.8 Å². The fraction of sp³-hybridized carbons (Fsp3) is 0.419. The number of allylic oxidation sites excluding steroid dienone is 1. The number of rotatable bonds is 12. The minimum atomic E-state index is -0.00829. The molecule has 6 heteroatoms. The molecule has 6 nitrogen and oxygen atoms in total. The highest BCUT2D eigenvalue weighted by molar-refractivity contribution is 6.19. The van der Waals surface area contributed by atoms with Crippen LogP contribution in [0.4, 0.5) is 5.69 Å². The van der Waals surface area contributed by atoms with E-state index in [9.17, 15) is 4.79 Å². The second-order valence-electron chi connectivity index (χ2n) is 9.87. The number of hydrogen-bond acceptors (Lipinski definition) is 5. The van der Waals surface area contributed by atoms with Gasteiger partial charge in [-0.2, -0.15) is 0 Å². The van der Waals surface area contributed by atoms with Crippen molar-refractivity contribution in [3.63, 3.8) is 0 Å². The highest BCUT2D eigenvalue weighted by atomic mass is 16.2. The van der Waals surface area contributed by atoms with Gasteiger partial charge in [0.15, 0.2) is 0 Å². The lowest BCUT2D eigenvalue weighted by atomic mass is 9.98. The van der Waals surface area contributed by atoms with E-state index in [4.69, 9.17) is 0 Å². The highest BCUT2D eigenvalue weighted by Crippen LogP contribution is 2.28. The predicted molar refractivity (Wildman–Crippen MR) is 156 cm³/mol. The molecule has 1 aliphatic rings. The van der Waals surface area contributed by atoms with Gasteiger partial charge in [-0.25, -0.2) is 4.99 Å². The van der Waals surface area contributed by atoms with Crippen molar-refractivity contribution in [1.82, 2.24) is 15.1 Å². The number of nitrogens with one attached hydrogen (secondary N) is 1. The Morgan fingerprint density at radius 1 is 1.14 bits per heavy atom. The maximum absolute atomic E-state index is 14.0. The Labute approximate surface area is 223 Å². The number of hydrogen-bond donors (Lipinski definition) is 1. The number of amides is 1. The summed E-state index contributed by atoms with van der Waals surface area (Å²) in [6.07, 6.45) is 3.57. The van der Waals surface area contributed by atoms with Crippen molar-refractivity contribution in [2.75, 3.05) is 45.2 Å². The van der Waals surface area contributed by atoms with E-state index in [0.717, 1.165) is 50.4 Å². The second-order valence-corrected chi connectivity index (χ2v) is 9.87. The van der Waals surface area contributed by atoms with E-state index < -0.39 is 0 Å². The van der Waals surface area contributed by atoms with Crippen LogP contribution in [-0.4, -0.2) is 62.2 Å². The lowest BCUT2D eigenvalue weighted by Crippen LogP contribution is -2.34. The molecule has 2 aromatic rings. The van der Waals surface area contributed by atoms with Crippen LogP contribution >= 0.6 is 0 Å². The Morgan fingerprint density at radius 2 is 1.86 bits per heavy atom. The summed E-state index contributed by atoms with van der Waals surface area (Å²) < 4.78 is 0.